The van der Waals surface area contributed by atoms with Crippen molar-refractivity contribution in [2.75, 3.05) is 19.5 Å². The normalized spacial score (nSPS) is 10.6. The van der Waals surface area contributed by atoms with Crippen LogP contribution in [0.5, 0.6) is 11.5 Å². The van der Waals surface area contributed by atoms with Crippen LogP contribution in [0.25, 0.3) is 22.8 Å². The second-order valence-corrected chi connectivity index (χ2v) is 7.35. The smallest absolute Gasteiger partial charge is 0.262 e. The molecule has 1 aromatic heterocycles. The minimum atomic E-state index is -0.113. The highest BCUT2D eigenvalue weighted by Gasteiger charge is 2.15. The number of ether oxygens (including phenoxy) is 2. The van der Waals surface area contributed by atoms with Gasteiger partial charge in [0, 0.05) is 16.3 Å². The quantitative estimate of drug-likeness (QED) is 0.414. The minimum absolute atomic E-state index is 0.113. The van der Waals surface area contributed by atoms with E-state index < -0.39 is 0 Å². The molecule has 0 unspecified atom stereocenters. The number of halogens is 1. The molecule has 3 aromatic carbocycles. The van der Waals surface area contributed by atoms with Crippen molar-refractivity contribution >= 4 is 23.2 Å². The predicted octanol–water partition coefficient (Wildman–Crippen LogP) is 5.26. The van der Waals surface area contributed by atoms with Crippen molar-refractivity contribution in [3.63, 3.8) is 0 Å². The first-order valence-electron chi connectivity index (χ1n) is 9.76. The van der Waals surface area contributed by atoms with E-state index in [9.17, 15) is 4.79 Å². The van der Waals surface area contributed by atoms with Gasteiger partial charge in [0.05, 0.1) is 26.2 Å². The monoisotopic (exact) mass is 449 g/mol. The first kappa shape index (κ1) is 21.4. The Kier molecular flexibility index (Phi) is 6.37. The van der Waals surface area contributed by atoms with Crippen molar-refractivity contribution < 1.29 is 18.8 Å². The van der Waals surface area contributed by atoms with Crippen molar-refractivity contribution in [3.05, 3.63) is 77.3 Å². The number of amides is 1. The van der Waals surface area contributed by atoms with Gasteiger partial charge >= 0.3 is 0 Å². The van der Waals surface area contributed by atoms with Gasteiger partial charge in [-0.2, -0.15) is 4.98 Å². The molecule has 0 spiro atoms. The standard InChI is InChI=1S/C24H20ClN3O4/c1-30-19-10-3-15(4-11-19)13-22(29)26-18-8-5-16(6-9-18)23-27-24(32-28-23)20-14-17(25)7-12-21(20)31-2/h3-12,14H,13H2,1-2H3,(H,26,29). The fraction of sp³-hybridized carbons (Fsp3) is 0.125. The zero-order chi connectivity index (χ0) is 22.5. The van der Waals surface area contributed by atoms with Gasteiger partial charge in [0.15, 0.2) is 0 Å². The second-order valence-electron chi connectivity index (χ2n) is 6.92. The van der Waals surface area contributed by atoms with E-state index >= 15 is 0 Å². The third kappa shape index (κ3) is 4.90. The van der Waals surface area contributed by atoms with Crippen LogP contribution in [-0.4, -0.2) is 30.3 Å². The zero-order valence-electron chi connectivity index (χ0n) is 17.5. The Morgan fingerprint density at radius 3 is 2.44 bits per heavy atom. The van der Waals surface area contributed by atoms with E-state index in [1.807, 2.05) is 36.4 Å². The number of hydrogen-bond donors (Lipinski definition) is 1. The Hall–Kier alpha value is -3.84. The number of rotatable bonds is 7. The van der Waals surface area contributed by atoms with E-state index in [0.717, 1.165) is 16.9 Å². The number of hydrogen-bond acceptors (Lipinski definition) is 6. The molecule has 0 aliphatic heterocycles. The largest absolute Gasteiger partial charge is 0.497 e. The molecular weight excluding hydrogens is 430 g/mol. The summed E-state index contributed by atoms with van der Waals surface area (Å²) in [4.78, 5) is 16.8. The fourth-order valence-electron chi connectivity index (χ4n) is 3.13. The van der Waals surface area contributed by atoms with Gasteiger partial charge in [0.1, 0.15) is 11.5 Å². The van der Waals surface area contributed by atoms with Crippen LogP contribution >= 0.6 is 11.6 Å². The molecule has 4 rings (SSSR count). The molecule has 32 heavy (non-hydrogen) atoms. The lowest BCUT2D eigenvalue weighted by Crippen LogP contribution is -2.14. The summed E-state index contributed by atoms with van der Waals surface area (Å²) >= 11 is 6.09. The maximum atomic E-state index is 12.3. The molecule has 162 valence electrons. The number of carbonyl (C=O) groups excluding carboxylic acids is 1. The number of nitrogens with one attached hydrogen (secondary N) is 1. The van der Waals surface area contributed by atoms with E-state index in [2.05, 4.69) is 15.5 Å². The molecule has 0 radical (unpaired) electrons. The van der Waals surface area contributed by atoms with Crippen molar-refractivity contribution in [2.24, 2.45) is 0 Å². The molecule has 0 bridgehead atoms. The molecule has 0 fully saturated rings. The lowest BCUT2D eigenvalue weighted by atomic mass is 10.1. The maximum absolute atomic E-state index is 12.3. The summed E-state index contributed by atoms with van der Waals surface area (Å²) < 4.78 is 15.9. The van der Waals surface area contributed by atoms with Crippen LogP contribution in [0.2, 0.25) is 5.02 Å². The predicted molar refractivity (Wildman–Crippen MR) is 122 cm³/mol. The summed E-state index contributed by atoms with van der Waals surface area (Å²) in [7, 11) is 3.17. The van der Waals surface area contributed by atoms with Gasteiger partial charge in [0.25, 0.3) is 5.89 Å². The molecule has 1 heterocycles. The van der Waals surface area contributed by atoms with Gasteiger partial charge in [-0.15, -0.1) is 0 Å². The van der Waals surface area contributed by atoms with Crippen LogP contribution in [0, 0.1) is 0 Å². The van der Waals surface area contributed by atoms with Crippen molar-refractivity contribution in [1.29, 1.82) is 0 Å². The topological polar surface area (TPSA) is 86.5 Å². The summed E-state index contributed by atoms with van der Waals surface area (Å²) in [5.74, 6) is 1.94. The summed E-state index contributed by atoms with van der Waals surface area (Å²) in [6.07, 6.45) is 0.265. The Bertz CT molecular complexity index is 1220. The van der Waals surface area contributed by atoms with Crippen LogP contribution in [-0.2, 0) is 11.2 Å². The lowest BCUT2D eigenvalue weighted by Gasteiger charge is -2.06. The van der Waals surface area contributed by atoms with Crippen molar-refractivity contribution in [3.8, 4) is 34.3 Å². The van der Waals surface area contributed by atoms with E-state index in [0.29, 0.717) is 33.7 Å². The van der Waals surface area contributed by atoms with E-state index in [4.69, 9.17) is 25.6 Å². The van der Waals surface area contributed by atoms with Gasteiger partial charge in [-0.1, -0.05) is 28.9 Å². The average molecular weight is 450 g/mol. The number of nitrogens with zero attached hydrogens (tertiary/aromatic N) is 2. The van der Waals surface area contributed by atoms with Gasteiger partial charge < -0.3 is 19.3 Å². The van der Waals surface area contributed by atoms with Crippen LogP contribution < -0.4 is 14.8 Å². The molecular formula is C24H20ClN3O4. The van der Waals surface area contributed by atoms with Crippen molar-refractivity contribution in [2.45, 2.75) is 6.42 Å². The number of anilines is 1. The van der Waals surface area contributed by atoms with E-state index in [1.165, 1.54) is 0 Å². The summed E-state index contributed by atoms with van der Waals surface area (Å²) in [5.41, 5.74) is 2.93. The molecule has 0 aliphatic rings. The molecule has 1 N–H and O–H groups in total. The molecule has 1 amide bonds. The summed E-state index contributed by atoms with van der Waals surface area (Å²) in [6.45, 7) is 0. The van der Waals surface area contributed by atoms with E-state index in [-0.39, 0.29) is 12.3 Å². The lowest BCUT2D eigenvalue weighted by molar-refractivity contribution is -0.115. The summed E-state index contributed by atoms with van der Waals surface area (Å²) in [5, 5.41) is 7.47. The molecule has 8 heteroatoms. The Labute approximate surface area is 189 Å². The first-order chi connectivity index (χ1) is 15.6. The third-order valence-corrected chi connectivity index (χ3v) is 5.00. The summed E-state index contributed by atoms with van der Waals surface area (Å²) in [6, 6.07) is 19.8. The number of aromatic nitrogens is 2. The first-order valence-corrected chi connectivity index (χ1v) is 10.1. The maximum Gasteiger partial charge on any atom is 0.262 e. The number of benzene rings is 3. The van der Waals surface area contributed by atoms with Gasteiger partial charge in [-0.25, -0.2) is 0 Å². The average Bonchev–Trinajstić information content (AvgIpc) is 3.30. The Balaban J connectivity index is 1.44. The molecule has 0 saturated heterocycles. The molecule has 0 saturated carbocycles. The highest BCUT2D eigenvalue weighted by atomic mass is 35.5. The van der Waals surface area contributed by atoms with Crippen LogP contribution in [0.3, 0.4) is 0 Å². The fourth-order valence-corrected chi connectivity index (χ4v) is 3.31. The Morgan fingerprint density at radius 2 is 1.75 bits per heavy atom. The third-order valence-electron chi connectivity index (χ3n) is 4.77. The van der Waals surface area contributed by atoms with Gasteiger partial charge in [-0.05, 0) is 60.2 Å². The van der Waals surface area contributed by atoms with Crippen LogP contribution in [0.4, 0.5) is 5.69 Å². The van der Waals surface area contributed by atoms with Crippen molar-refractivity contribution in [1.82, 2.24) is 10.1 Å². The van der Waals surface area contributed by atoms with E-state index in [1.54, 1.807) is 44.6 Å². The molecule has 7 nitrogen and oxygen atoms in total. The SMILES string of the molecule is COc1ccc(CC(=O)Nc2ccc(-c3noc(-c4cc(Cl)ccc4OC)n3)cc2)cc1. The zero-order valence-corrected chi connectivity index (χ0v) is 18.2. The molecule has 4 aromatic rings. The molecule has 0 atom stereocenters. The van der Waals surface area contributed by atoms with Crippen LogP contribution in [0.1, 0.15) is 5.56 Å². The van der Waals surface area contributed by atoms with Gasteiger partial charge in [0.2, 0.25) is 11.7 Å². The number of carbonyl (C=O) groups is 1. The van der Waals surface area contributed by atoms with Crippen LogP contribution in [0.15, 0.2) is 71.3 Å². The number of methoxy groups -OCH3 is 2. The second kappa shape index (κ2) is 9.53. The highest BCUT2D eigenvalue weighted by molar-refractivity contribution is 6.30. The Morgan fingerprint density at radius 1 is 1.00 bits per heavy atom. The minimum Gasteiger partial charge on any atom is -0.497 e. The highest BCUT2D eigenvalue weighted by Crippen LogP contribution is 2.32. The molecule has 0 aliphatic carbocycles. The van der Waals surface area contributed by atoms with Gasteiger partial charge in [-0.3, -0.25) is 4.79 Å².